The molecule has 1 aromatic heterocycles. The number of rotatable bonds is 4. The van der Waals surface area contributed by atoms with Crippen LogP contribution in [0.1, 0.15) is 11.1 Å². The number of anilines is 1. The molecule has 0 unspecified atom stereocenters. The van der Waals surface area contributed by atoms with Gasteiger partial charge in [-0.25, -0.2) is 0 Å². The third kappa shape index (κ3) is 2.76. The molecule has 0 amide bonds. The zero-order valence-electron chi connectivity index (χ0n) is 8.60. The summed E-state index contributed by atoms with van der Waals surface area (Å²) in [6.07, 6.45) is 1.02. The molecule has 0 radical (unpaired) electrons. The zero-order chi connectivity index (χ0) is 10.5. The van der Waals surface area contributed by atoms with Gasteiger partial charge >= 0.3 is 0 Å². The lowest BCUT2D eigenvalue weighted by atomic mass is 10.1. The minimum Gasteiger partial charge on any atom is -0.360 e. The molecule has 0 bridgehead atoms. The molecule has 0 atom stereocenters. The molecule has 0 aliphatic carbocycles. The molecule has 4 heteroatoms. The molecule has 0 fully saturated rings. The average molecular weight is 219 g/mol. The highest BCUT2D eigenvalue weighted by molar-refractivity contribution is 7.13. The van der Waals surface area contributed by atoms with Gasteiger partial charge in [0.2, 0.25) is 5.13 Å². The summed E-state index contributed by atoms with van der Waals surface area (Å²) in [5, 5.41) is 11.8. The molecule has 78 valence electrons. The lowest BCUT2D eigenvalue weighted by Gasteiger charge is -2.05. The van der Waals surface area contributed by atoms with Crippen molar-refractivity contribution in [1.29, 1.82) is 0 Å². The van der Waals surface area contributed by atoms with Gasteiger partial charge in [-0.1, -0.05) is 35.6 Å². The minimum atomic E-state index is 0.892. The van der Waals surface area contributed by atoms with Crippen molar-refractivity contribution in [2.24, 2.45) is 0 Å². The maximum atomic E-state index is 3.93. The van der Waals surface area contributed by atoms with Gasteiger partial charge in [0.15, 0.2) is 0 Å². The Morgan fingerprint density at radius 1 is 1.33 bits per heavy atom. The maximum absolute atomic E-state index is 3.93. The van der Waals surface area contributed by atoms with E-state index in [1.165, 1.54) is 22.5 Å². The zero-order valence-corrected chi connectivity index (χ0v) is 9.42. The first-order valence-corrected chi connectivity index (χ1v) is 5.79. The summed E-state index contributed by atoms with van der Waals surface area (Å²) >= 11 is 1.53. The van der Waals surface area contributed by atoms with Gasteiger partial charge < -0.3 is 5.32 Å². The Labute approximate surface area is 93.2 Å². The van der Waals surface area contributed by atoms with Crippen molar-refractivity contribution in [3.8, 4) is 0 Å². The summed E-state index contributed by atoms with van der Waals surface area (Å²) in [7, 11) is 0. The first-order chi connectivity index (χ1) is 7.36. The van der Waals surface area contributed by atoms with Gasteiger partial charge in [0.05, 0.1) is 0 Å². The quantitative estimate of drug-likeness (QED) is 0.858. The summed E-state index contributed by atoms with van der Waals surface area (Å²) < 4.78 is 0. The number of nitrogens with one attached hydrogen (secondary N) is 1. The van der Waals surface area contributed by atoms with Crippen molar-refractivity contribution < 1.29 is 0 Å². The number of aromatic nitrogens is 2. The maximum Gasteiger partial charge on any atom is 0.205 e. The van der Waals surface area contributed by atoms with Gasteiger partial charge in [0.25, 0.3) is 0 Å². The van der Waals surface area contributed by atoms with Crippen LogP contribution >= 0.6 is 11.3 Å². The Hall–Kier alpha value is -1.42. The molecule has 0 aliphatic heterocycles. The van der Waals surface area contributed by atoms with Crippen LogP contribution in [0.4, 0.5) is 5.13 Å². The Kier molecular flexibility index (Phi) is 3.29. The molecule has 1 heterocycles. The van der Waals surface area contributed by atoms with Gasteiger partial charge in [-0.15, -0.1) is 10.2 Å². The number of benzene rings is 1. The van der Waals surface area contributed by atoms with E-state index in [0.29, 0.717) is 0 Å². The minimum absolute atomic E-state index is 0.892. The summed E-state index contributed by atoms with van der Waals surface area (Å²) in [4.78, 5) is 0. The lowest BCUT2D eigenvalue weighted by Crippen LogP contribution is -2.05. The van der Waals surface area contributed by atoms with Crippen LogP contribution in [-0.2, 0) is 6.42 Å². The third-order valence-electron chi connectivity index (χ3n) is 2.29. The monoisotopic (exact) mass is 219 g/mol. The summed E-state index contributed by atoms with van der Waals surface area (Å²) in [5.41, 5.74) is 4.46. The van der Waals surface area contributed by atoms with Gasteiger partial charge in [-0.3, -0.25) is 0 Å². The van der Waals surface area contributed by atoms with Crippen molar-refractivity contribution in [3.05, 3.63) is 40.9 Å². The van der Waals surface area contributed by atoms with Crippen LogP contribution in [0, 0.1) is 6.92 Å². The standard InChI is InChI=1S/C11H13N3S/c1-9-4-2-3-5-10(9)6-7-12-11-14-13-8-15-11/h2-5,8H,6-7H2,1H3,(H,12,14). The highest BCUT2D eigenvalue weighted by atomic mass is 32.1. The smallest absolute Gasteiger partial charge is 0.205 e. The van der Waals surface area contributed by atoms with Crippen LogP contribution in [0.5, 0.6) is 0 Å². The number of hydrogen-bond acceptors (Lipinski definition) is 4. The van der Waals surface area contributed by atoms with Crippen LogP contribution in [0.25, 0.3) is 0 Å². The fourth-order valence-electron chi connectivity index (χ4n) is 1.44. The summed E-state index contributed by atoms with van der Waals surface area (Å²) in [6.45, 7) is 3.04. The van der Waals surface area contributed by atoms with E-state index in [9.17, 15) is 0 Å². The molecule has 2 rings (SSSR count). The largest absolute Gasteiger partial charge is 0.360 e. The molecule has 0 saturated heterocycles. The van der Waals surface area contributed by atoms with E-state index in [-0.39, 0.29) is 0 Å². The van der Waals surface area contributed by atoms with Gasteiger partial charge in [-0.05, 0) is 24.5 Å². The molecule has 2 aromatic rings. The molecule has 1 N–H and O–H groups in total. The number of hydrogen-bond donors (Lipinski definition) is 1. The Morgan fingerprint density at radius 3 is 2.93 bits per heavy atom. The average Bonchev–Trinajstić information content (AvgIpc) is 2.74. The van der Waals surface area contributed by atoms with Gasteiger partial charge in [0.1, 0.15) is 5.51 Å². The first-order valence-electron chi connectivity index (χ1n) is 4.91. The predicted octanol–water partition coefficient (Wildman–Crippen LogP) is 2.50. The van der Waals surface area contributed by atoms with Crippen molar-refractivity contribution in [3.63, 3.8) is 0 Å². The number of nitrogens with zero attached hydrogens (tertiary/aromatic N) is 2. The first kappa shape index (κ1) is 10.1. The van der Waals surface area contributed by atoms with Crippen molar-refractivity contribution in [2.75, 3.05) is 11.9 Å². The van der Waals surface area contributed by atoms with Gasteiger partial charge in [0, 0.05) is 6.54 Å². The van der Waals surface area contributed by atoms with Crippen LogP contribution in [-0.4, -0.2) is 16.7 Å². The molecule has 3 nitrogen and oxygen atoms in total. The van der Waals surface area contributed by atoms with E-state index in [4.69, 9.17) is 0 Å². The highest BCUT2D eigenvalue weighted by Crippen LogP contribution is 2.10. The fourth-order valence-corrected chi connectivity index (χ4v) is 1.92. The van der Waals surface area contributed by atoms with Crippen LogP contribution < -0.4 is 5.32 Å². The molecular formula is C11H13N3S. The van der Waals surface area contributed by atoms with Crippen molar-refractivity contribution in [1.82, 2.24) is 10.2 Å². The Morgan fingerprint density at radius 2 is 2.20 bits per heavy atom. The van der Waals surface area contributed by atoms with E-state index in [0.717, 1.165) is 18.1 Å². The SMILES string of the molecule is Cc1ccccc1CCNc1nncs1. The lowest BCUT2D eigenvalue weighted by molar-refractivity contribution is 0.984. The van der Waals surface area contributed by atoms with Crippen LogP contribution in [0.15, 0.2) is 29.8 Å². The van der Waals surface area contributed by atoms with E-state index in [2.05, 4.69) is 46.7 Å². The second-order valence-electron chi connectivity index (χ2n) is 3.35. The molecule has 15 heavy (non-hydrogen) atoms. The van der Waals surface area contributed by atoms with E-state index in [1.54, 1.807) is 5.51 Å². The second-order valence-corrected chi connectivity index (χ2v) is 4.18. The normalized spacial score (nSPS) is 10.2. The van der Waals surface area contributed by atoms with Crippen molar-refractivity contribution >= 4 is 16.5 Å². The predicted molar refractivity (Wildman–Crippen MR) is 63.3 cm³/mol. The molecule has 1 aromatic carbocycles. The van der Waals surface area contributed by atoms with Gasteiger partial charge in [-0.2, -0.15) is 0 Å². The van der Waals surface area contributed by atoms with Crippen LogP contribution in [0.2, 0.25) is 0 Å². The highest BCUT2D eigenvalue weighted by Gasteiger charge is 1.98. The van der Waals surface area contributed by atoms with E-state index < -0.39 is 0 Å². The second kappa shape index (κ2) is 4.89. The number of aryl methyl sites for hydroxylation is 1. The van der Waals surface area contributed by atoms with Crippen molar-refractivity contribution in [2.45, 2.75) is 13.3 Å². The molecular weight excluding hydrogens is 206 g/mol. The van der Waals surface area contributed by atoms with E-state index in [1.807, 2.05) is 0 Å². The molecule has 0 aliphatic rings. The Bertz CT molecular complexity index is 412. The Balaban J connectivity index is 1.86. The molecule has 0 spiro atoms. The fraction of sp³-hybridized carbons (Fsp3) is 0.273. The summed E-state index contributed by atoms with van der Waals surface area (Å²) in [6, 6.07) is 8.45. The molecule has 0 saturated carbocycles. The van der Waals surface area contributed by atoms with E-state index >= 15 is 0 Å². The topological polar surface area (TPSA) is 37.8 Å². The summed E-state index contributed by atoms with van der Waals surface area (Å²) in [5.74, 6) is 0. The third-order valence-corrected chi connectivity index (χ3v) is 2.94. The van der Waals surface area contributed by atoms with Crippen LogP contribution in [0.3, 0.4) is 0 Å².